The van der Waals surface area contributed by atoms with Gasteiger partial charge in [0.15, 0.2) is 0 Å². The number of nitrogens with two attached hydrogens (primary N) is 1. The Morgan fingerprint density at radius 3 is 2.25 bits per heavy atom. The minimum Gasteiger partial charge on any atom is -0.413 e. The van der Waals surface area contributed by atoms with Crippen molar-refractivity contribution >= 4 is 9.28 Å². The van der Waals surface area contributed by atoms with Gasteiger partial charge in [-0.1, -0.05) is 20.3 Å². The highest BCUT2D eigenvalue weighted by Crippen LogP contribution is 2.15. The van der Waals surface area contributed by atoms with Gasteiger partial charge in [-0.2, -0.15) is 0 Å². The van der Waals surface area contributed by atoms with Gasteiger partial charge >= 0.3 is 9.28 Å². The lowest BCUT2D eigenvalue weighted by Gasteiger charge is -2.14. The van der Waals surface area contributed by atoms with E-state index in [-0.39, 0.29) is 11.6 Å². The highest BCUT2D eigenvalue weighted by Gasteiger charge is 2.14. The van der Waals surface area contributed by atoms with E-state index in [1.54, 1.807) is 0 Å². The monoisotopic (exact) mass is 191 g/mol. The number of hydrogen-bond donors (Lipinski definition) is 3. The molecule has 4 N–H and O–H groups in total. The molecule has 0 heterocycles. The zero-order valence-electron chi connectivity index (χ0n) is 8.03. The molecule has 0 aliphatic rings. The minimum absolute atomic E-state index is 0.0768. The van der Waals surface area contributed by atoms with Crippen LogP contribution in [0.1, 0.15) is 39.5 Å². The molecule has 0 aliphatic carbocycles. The summed E-state index contributed by atoms with van der Waals surface area (Å²) in [6.45, 7) is 3.99. The van der Waals surface area contributed by atoms with E-state index in [0.717, 1.165) is 25.7 Å². The largest absolute Gasteiger partial charge is 0.413 e. The van der Waals surface area contributed by atoms with Crippen LogP contribution in [0, 0.1) is 0 Å². The van der Waals surface area contributed by atoms with E-state index in [2.05, 4.69) is 6.92 Å². The molecule has 0 aromatic heterocycles. The zero-order valence-corrected chi connectivity index (χ0v) is 9.19. The Morgan fingerprint density at radius 2 is 1.83 bits per heavy atom. The van der Waals surface area contributed by atoms with Gasteiger partial charge in [0.2, 0.25) is 0 Å². The summed E-state index contributed by atoms with van der Waals surface area (Å²) in [6.07, 6.45) is 3.91. The van der Waals surface area contributed by atoms with Crippen molar-refractivity contribution in [1.82, 2.24) is 0 Å². The van der Waals surface area contributed by atoms with Crippen LogP contribution in [-0.4, -0.2) is 24.9 Å². The molecule has 74 valence electrons. The third-order valence-electron chi connectivity index (χ3n) is 2.16. The smallest absolute Gasteiger partial charge is 0.318 e. The van der Waals surface area contributed by atoms with Gasteiger partial charge in [0.25, 0.3) is 0 Å². The third kappa shape index (κ3) is 5.71. The van der Waals surface area contributed by atoms with Gasteiger partial charge in [-0.15, -0.1) is 0 Å². The van der Waals surface area contributed by atoms with Crippen molar-refractivity contribution in [2.45, 2.75) is 51.1 Å². The predicted octanol–water partition coefficient (Wildman–Crippen LogP) is 0.489. The Kier molecular flexibility index (Phi) is 6.65. The van der Waals surface area contributed by atoms with E-state index in [1.165, 1.54) is 0 Å². The first-order valence-corrected chi connectivity index (χ1v) is 6.39. The maximum absolute atomic E-state index is 8.92. The van der Waals surface area contributed by atoms with Gasteiger partial charge in [0.05, 0.1) is 0 Å². The summed E-state index contributed by atoms with van der Waals surface area (Å²) in [6, 6.07) is 0.241. The number of hydrogen-bond acceptors (Lipinski definition) is 3. The minimum atomic E-state index is -2.40. The topological polar surface area (TPSA) is 66.5 Å². The zero-order chi connectivity index (χ0) is 9.56. The molecule has 0 radical (unpaired) electrons. The van der Waals surface area contributed by atoms with Gasteiger partial charge in [-0.3, -0.25) is 0 Å². The highest BCUT2D eigenvalue weighted by atomic mass is 28.3. The molecule has 3 nitrogen and oxygen atoms in total. The predicted molar refractivity (Wildman–Crippen MR) is 53.1 cm³/mol. The van der Waals surface area contributed by atoms with Crippen molar-refractivity contribution in [3.63, 3.8) is 0 Å². The molecule has 4 heteroatoms. The molecule has 0 spiro atoms. The van der Waals surface area contributed by atoms with Crippen LogP contribution in [0.15, 0.2) is 0 Å². The van der Waals surface area contributed by atoms with Crippen LogP contribution < -0.4 is 5.73 Å². The van der Waals surface area contributed by atoms with E-state index in [9.17, 15) is 0 Å². The third-order valence-corrected chi connectivity index (χ3v) is 3.51. The Balaban J connectivity index is 3.40. The van der Waals surface area contributed by atoms with Gasteiger partial charge in [-0.05, 0) is 24.8 Å². The summed E-state index contributed by atoms with van der Waals surface area (Å²) < 4.78 is 0. The molecule has 12 heavy (non-hydrogen) atoms. The Morgan fingerprint density at radius 1 is 1.25 bits per heavy atom. The molecule has 0 fully saturated rings. The van der Waals surface area contributed by atoms with E-state index in [4.69, 9.17) is 15.3 Å². The first-order valence-electron chi connectivity index (χ1n) is 4.69. The molecule has 0 amide bonds. The second-order valence-electron chi connectivity index (χ2n) is 3.52. The molecule has 0 saturated carbocycles. The Hall–Kier alpha value is 0.0969. The van der Waals surface area contributed by atoms with Crippen molar-refractivity contribution in [1.29, 1.82) is 0 Å². The molecular formula is C8H21NO2Si. The molecule has 0 rings (SSSR count). The van der Waals surface area contributed by atoms with Crippen molar-refractivity contribution in [2.24, 2.45) is 5.73 Å². The standard InChI is InChI=1S/C8H21NO2Si/c1-3-4-8(9)6-5-7(2)12(10)11/h7-8,10-12H,3-6,9H2,1-2H3. The average molecular weight is 191 g/mol. The second-order valence-corrected chi connectivity index (χ2v) is 5.48. The maximum atomic E-state index is 8.92. The Labute approximate surface area is 76.4 Å². The van der Waals surface area contributed by atoms with Crippen LogP contribution >= 0.6 is 0 Å². The van der Waals surface area contributed by atoms with Gasteiger partial charge in [-0.25, -0.2) is 0 Å². The lowest BCUT2D eigenvalue weighted by Crippen LogP contribution is -2.23. The number of rotatable bonds is 6. The second kappa shape index (κ2) is 6.60. The maximum Gasteiger partial charge on any atom is 0.318 e. The van der Waals surface area contributed by atoms with Crippen LogP contribution in [0.3, 0.4) is 0 Å². The van der Waals surface area contributed by atoms with Crippen molar-refractivity contribution in [3.8, 4) is 0 Å². The Bertz CT molecular complexity index is 111. The summed E-state index contributed by atoms with van der Waals surface area (Å²) in [5.74, 6) is 0. The van der Waals surface area contributed by atoms with E-state index in [1.807, 2.05) is 6.92 Å². The summed E-state index contributed by atoms with van der Waals surface area (Å²) >= 11 is 0. The highest BCUT2D eigenvalue weighted by molar-refractivity contribution is 6.42. The first-order chi connectivity index (χ1) is 5.57. The molecule has 0 aliphatic heterocycles. The van der Waals surface area contributed by atoms with Crippen LogP contribution in [-0.2, 0) is 0 Å². The molecule has 0 bridgehead atoms. The SMILES string of the molecule is CCCC(N)CCC(C)[SiH](O)O. The van der Waals surface area contributed by atoms with Crippen LogP contribution in [0.2, 0.25) is 5.54 Å². The summed E-state index contributed by atoms with van der Waals surface area (Å²) in [5, 5.41) is 0. The van der Waals surface area contributed by atoms with Crippen LogP contribution in [0.4, 0.5) is 0 Å². The van der Waals surface area contributed by atoms with E-state index >= 15 is 0 Å². The van der Waals surface area contributed by atoms with E-state index in [0.29, 0.717) is 0 Å². The molecule has 0 aromatic carbocycles. The fraction of sp³-hybridized carbons (Fsp3) is 1.00. The van der Waals surface area contributed by atoms with Crippen molar-refractivity contribution in [2.75, 3.05) is 0 Å². The lowest BCUT2D eigenvalue weighted by molar-refractivity contribution is 0.377. The van der Waals surface area contributed by atoms with Gasteiger partial charge in [0.1, 0.15) is 0 Å². The molecule has 0 saturated heterocycles. The van der Waals surface area contributed by atoms with Crippen molar-refractivity contribution < 1.29 is 9.59 Å². The average Bonchev–Trinajstić information content (AvgIpc) is 2.00. The fourth-order valence-corrected chi connectivity index (χ4v) is 1.63. The quantitative estimate of drug-likeness (QED) is 0.535. The lowest BCUT2D eigenvalue weighted by atomic mass is 10.1. The normalized spacial score (nSPS) is 16.5. The first kappa shape index (κ1) is 12.1. The fourth-order valence-electron chi connectivity index (χ4n) is 1.14. The molecule has 2 atom stereocenters. The molecule has 2 unspecified atom stereocenters. The molecular weight excluding hydrogens is 170 g/mol. The summed E-state index contributed by atoms with van der Waals surface area (Å²) in [4.78, 5) is 17.8. The van der Waals surface area contributed by atoms with Gasteiger partial charge in [0, 0.05) is 6.04 Å². The van der Waals surface area contributed by atoms with Crippen LogP contribution in [0.25, 0.3) is 0 Å². The van der Waals surface area contributed by atoms with E-state index < -0.39 is 9.28 Å². The summed E-state index contributed by atoms with van der Waals surface area (Å²) in [7, 11) is -2.40. The van der Waals surface area contributed by atoms with Gasteiger partial charge < -0.3 is 15.3 Å². The van der Waals surface area contributed by atoms with Crippen molar-refractivity contribution in [3.05, 3.63) is 0 Å². The summed E-state index contributed by atoms with van der Waals surface area (Å²) in [5.41, 5.74) is 5.86. The molecule has 0 aromatic rings. The van der Waals surface area contributed by atoms with Crippen LogP contribution in [0.5, 0.6) is 0 Å².